The molecule has 3 rings (SSSR count). The molecule has 0 radical (unpaired) electrons. The molecule has 0 spiro atoms. The minimum atomic E-state index is -0.621. The van der Waals surface area contributed by atoms with Crippen LogP contribution in [0.25, 0.3) is 5.69 Å². The highest BCUT2D eigenvalue weighted by Gasteiger charge is 2.42. The van der Waals surface area contributed by atoms with E-state index >= 15 is 0 Å². The van der Waals surface area contributed by atoms with Crippen molar-refractivity contribution in [3.8, 4) is 5.69 Å². The molecule has 0 aliphatic heterocycles. The van der Waals surface area contributed by atoms with Crippen LogP contribution in [0, 0.1) is 18.7 Å². The van der Waals surface area contributed by atoms with Gasteiger partial charge in [0, 0.05) is 0 Å². The maximum Gasteiger partial charge on any atom is 0.255 e. The van der Waals surface area contributed by atoms with Gasteiger partial charge in [0.15, 0.2) is 0 Å². The van der Waals surface area contributed by atoms with Gasteiger partial charge in [0.1, 0.15) is 11.5 Å². The number of halogens is 1. The molecule has 1 saturated carbocycles. The number of benzene rings is 1. The maximum absolute atomic E-state index is 13.9. The quantitative estimate of drug-likeness (QED) is 0.888. The molecule has 1 unspecified atom stereocenters. The second kappa shape index (κ2) is 5.77. The third-order valence-corrected chi connectivity index (χ3v) is 4.54. The van der Waals surface area contributed by atoms with Crippen LogP contribution < -0.4 is 5.32 Å². The Labute approximate surface area is 134 Å². The van der Waals surface area contributed by atoms with Gasteiger partial charge < -0.3 is 10.4 Å². The van der Waals surface area contributed by atoms with Gasteiger partial charge in [-0.05, 0) is 44.7 Å². The number of carbonyl (C=O) groups is 1. The summed E-state index contributed by atoms with van der Waals surface area (Å²) in [6, 6.07) is 6.29. The molecule has 1 heterocycles. The molecule has 23 heavy (non-hydrogen) atoms. The second-order valence-electron chi connectivity index (χ2n) is 6.31. The number of amides is 1. The van der Waals surface area contributed by atoms with Gasteiger partial charge in [0.05, 0.1) is 29.6 Å². The van der Waals surface area contributed by atoms with Crippen LogP contribution in [-0.2, 0) is 0 Å². The highest BCUT2D eigenvalue weighted by molar-refractivity contribution is 5.95. The molecule has 1 amide bonds. The van der Waals surface area contributed by atoms with Crippen molar-refractivity contribution in [3.63, 3.8) is 0 Å². The summed E-state index contributed by atoms with van der Waals surface area (Å²) in [6.07, 6.45) is 3.44. The summed E-state index contributed by atoms with van der Waals surface area (Å²) >= 11 is 0. The Bertz CT molecular complexity index is 739. The molecule has 1 atom stereocenters. The summed E-state index contributed by atoms with van der Waals surface area (Å²) in [5, 5.41) is 16.6. The number of carbonyl (C=O) groups excluding carboxylic acids is 1. The highest BCUT2D eigenvalue weighted by Crippen LogP contribution is 2.39. The minimum absolute atomic E-state index is 0.107. The molecule has 6 heteroatoms. The van der Waals surface area contributed by atoms with E-state index in [4.69, 9.17) is 0 Å². The zero-order chi connectivity index (χ0) is 16.6. The Morgan fingerprint density at radius 3 is 2.78 bits per heavy atom. The monoisotopic (exact) mass is 317 g/mol. The van der Waals surface area contributed by atoms with Crippen molar-refractivity contribution in [1.82, 2.24) is 15.1 Å². The van der Waals surface area contributed by atoms with Crippen LogP contribution in [0.4, 0.5) is 4.39 Å². The first-order valence-electron chi connectivity index (χ1n) is 7.69. The second-order valence-corrected chi connectivity index (χ2v) is 6.31. The molecule has 0 saturated heterocycles. The fraction of sp³-hybridized carbons (Fsp3) is 0.412. The summed E-state index contributed by atoms with van der Waals surface area (Å²) in [5.74, 6) is -0.393. The van der Waals surface area contributed by atoms with E-state index in [9.17, 15) is 14.3 Å². The number of aliphatic hydroxyl groups excluding tert-OH is 1. The largest absolute Gasteiger partial charge is 0.394 e. The normalized spacial score (nSPS) is 16.9. The van der Waals surface area contributed by atoms with Gasteiger partial charge in [-0.2, -0.15) is 5.10 Å². The van der Waals surface area contributed by atoms with Gasteiger partial charge in [0.2, 0.25) is 0 Å². The van der Waals surface area contributed by atoms with Crippen molar-refractivity contribution in [2.24, 2.45) is 5.92 Å². The number of nitrogens with one attached hydrogen (secondary N) is 1. The average molecular weight is 317 g/mol. The number of rotatable bonds is 5. The number of aromatic nitrogens is 2. The van der Waals surface area contributed by atoms with Crippen LogP contribution in [0.1, 0.15) is 35.8 Å². The first-order chi connectivity index (χ1) is 11.0. The van der Waals surface area contributed by atoms with Gasteiger partial charge >= 0.3 is 0 Å². The van der Waals surface area contributed by atoms with E-state index in [1.807, 2.05) is 6.92 Å². The molecule has 2 aromatic rings. The molecule has 1 aromatic heterocycles. The number of hydrogen-bond acceptors (Lipinski definition) is 3. The topological polar surface area (TPSA) is 67.2 Å². The summed E-state index contributed by atoms with van der Waals surface area (Å²) in [7, 11) is 0. The van der Waals surface area contributed by atoms with E-state index < -0.39 is 11.4 Å². The first kappa shape index (κ1) is 15.7. The predicted molar refractivity (Wildman–Crippen MR) is 83.9 cm³/mol. The molecule has 122 valence electrons. The lowest BCUT2D eigenvalue weighted by Crippen LogP contribution is -2.50. The zero-order valence-electron chi connectivity index (χ0n) is 13.2. The lowest BCUT2D eigenvalue weighted by atomic mass is 9.96. The molecule has 0 bridgehead atoms. The van der Waals surface area contributed by atoms with E-state index in [1.165, 1.54) is 16.9 Å². The van der Waals surface area contributed by atoms with Crippen molar-refractivity contribution < 1.29 is 14.3 Å². The van der Waals surface area contributed by atoms with Gasteiger partial charge in [-0.3, -0.25) is 4.79 Å². The molecule has 1 aliphatic carbocycles. The number of hydrogen-bond donors (Lipinski definition) is 2. The van der Waals surface area contributed by atoms with Crippen molar-refractivity contribution >= 4 is 5.91 Å². The lowest BCUT2D eigenvalue weighted by molar-refractivity contribution is 0.0824. The van der Waals surface area contributed by atoms with E-state index in [0.717, 1.165) is 12.8 Å². The van der Waals surface area contributed by atoms with Crippen molar-refractivity contribution in [1.29, 1.82) is 0 Å². The van der Waals surface area contributed by atoms with Crippen molar-refractivity contribution in [2.75, 3.05) is 6.61 Å². The van der Waals surface area contributed by atoms with Gasteiger partial charge in [0.25, 0.3) is 5.91 Å². The summed E-state index contributed by atoms with van der Waals surface area (Å²) < 4.78 is 15.3. The number of nitrogens with zero attached hydrogens (tertiary/aromatic N) is 2. The molecule has 2 N–H and O–H groups in total. The Morgan fingerprint density at radius 1 is 1.48 bits per heavy atom. The summed E-state index contributed by atoms with van der Waals surface area (Å²) in [6.45, 7) is 3.46. The van der Waals surface area contributed by atoms with Gasteiger partial charge in [-0.1, -0.05) is 12.1 Å². The number of para-hydroxylation sites is 1. The van der Waals surface area contributed by atoms with E-state index in [1.54, 1.807) is 25.1 Å². The van der Waals surface area contributed by atoms with E-state index in [2.05, 4.69) is 10.4 Å². The van der Waals surface area contributed by atoms with Gasteiger partial charge in [-0.25, -0.2) is 9.07 Å². The fourth-order valence-corrected chi connectivity index (χ4v) is 2.82. The van der Waals surface area contributed by atoms with Crippen LogP contribution in [0.2, 0.25) is 0 Å². The first-order valence-corrected chi connectivity index (χ1v) is 7.69. The molecule has 1 aliphatic rings. The minimum Gasteiger partial charge on any atom is -0.394 e. The Morgan fingerprint density at radius 2 is 2.17 bits per heavy atom. The molecular formula is C17H20FN3O2. The SMILES string of the molecule is Cc1c(C(=O)NC(C)(CO)C2CC2)cnn1-c1ccccc1F. The standard InChI is InChI=1S/C17H20FN3O2/c1-11-13(16(23)20-17(2,10-22)12-7-8-12)9-19-21(11)15-6-4-3-5-14(15)18/h3-6,9,12,22H,7-8,10H2,1-2H3,(H,20,23). The molecular weight excluding hydrogens is 297 g/mol. The molecule has 1 fully saturated rings. The Kier molecular flexibility index (Phi) is 3.93. The van der Waals surface area contributed by atoms with Crippen LogP contribution in [0.3, 0.4) is 0 Å². The third kappa shape index (κ3) is 2.86. The Hall–Kier alpha value is -2.21. The van der Waals surface area contributed by atoms with Gasteiger partial charge in [-0.15, -0.1) is 0 Å². The summed E-state index contributed by atoms with van der Waals surface area (Å²) in [5.41, 5.74) is 0.623. The van der Waals surface area contributed by atoms with Crippen molar-refractivity contribution in [3.05, 3.63) is 47.5 Å². The lowest BCUT2D eigenvalue weighted by Gasteiger charge is -2.28. The smallest absolute Gasteiger partial charge is 0.255 e. The third-order valence-electron chi connectivity index (χ3n) is 4.54. The molecule has 5 nitrogen and oxygen atoms in total. The summed E-state index contributed by atoms with van der Waals surface area (Å²) in [4.78, 5) is 12.5. The van der Waals surface area contributed by atoms with E-state index in [-0.39, 0.29) is 12.5 Å². The predicted octanol–water partition coefficient (Wildman–Crippen LogP) is 2.21. The zero-order valence-corrected chi connectivity index (χ0v) is 13.2. The average Bonchev–Trinajstić information content (AvgIpc) is 3.32. The van der Waals surface area contributed by atoms with Crippen molar-refractivity contribution in [2.45, 2.75) is 32.2 Å². The maximum atomic E-state index is 13.9. The fourth-order valence-electron chi connectivity index (χ4n) is 2.82. The van der Waals surface area contributed by atoms with Crippen LogP contribution in [-0.4, -0.2) is 32.9 Å². The Balaban J connectivity index is 1.87. The van der Waals surface area contributed by atoms with Crippen LogP contribution >= 0.6 is 0 Å². The number of aliphatic hydroxyl groups is 1. The van der Waals surface area contributed by atoms with Crippen LogP contribution in [0.5, 0.6) is 0 Å². The highest BCUT2D eigenvalue weighted by atomic mass is 19.1. The van der Waals surface area contributed by atoms with Crippen LogP contribution in [0.15, 0.2) is 30.5 Å². The van der Waals surface area contributed by atoms with E-state index in [0.29, 0.717) is 22.9 Å². The molecule has 1 aromatic carbocycles.